The molecule has 1 unspecified atom stereocenters. The Hall–Kier alpha value is -0.610. The van der Waals surface area contributed by atoms with Crippen molar-refractivity contribution < 1.29 is 9.53 Å². The Balaban J connectivity index is 2.32. The minimum absolute atomic E-state index is 0.0166. The number of nitrogens with zero attached hydrogens (tertiary/aromatic N) is 2. The highest BCUT2D eigenvalue weighted by Crippen LogP contribution is 2.17. The Morgan fingerprint density at radius 1 is 1.50 bits per heavy atom. The molecule has 1 aliphatic rings. The van der Waals surface area contributed by atoms with Crippen LogP contribution in [0.25, 0.3) is 0 Å². The average molecular weight is 228 g/mol. The summed E-state index contributed by atoms with van der Waals surface area (Å²) in [5, 5.41) is 0. The summed E-state index contributed by atoms with van der Waals surface area (Å²) in [6.45, 7) is 6.44. The van der Waals surface area contributed by atoms with Gasteiger partial charge in [0.25, 0.3) is 0 Å². The molecule has 0 aliphatic carbocycles. The molecule has 0 aromatic heterocycles. The van der Waals surface area contributed by atoms with Gasteiger partial charge in [-0.25, -0.2) is 0 Å². The Morgan fingerprint density at radius 2 is 2.25 bits per heavy atom. The number of esters is 1. The highest BCUT2D eigenvalue weighted by molar-refractivity contribution is 5.72. The van der Waals surface area contributed by atoms with Crippen LogP contribution in [-0.4, -0.2) is 62.7 Å². The SMILES string of the molecule is CCOC(=O)C1CCCN(CCN(C)C)C1. The minimum atomic E-state index is -0.0166. The molecule has 1 atom stereocenters. The summed E-state index contributed by atoms with van der Waals surface area (Å²) >= 11 is 0. The van der Waals surface area contributed by atoms with Crippen molar-refractivity contribution in [2.24, 2.45) is 5.92 Å². The van der Waals surface area contributed by atoms with Gasteiger partial charge in [-0.3, -0.25) is 4.79 Å². The lowest BCUT2D eigenvalue weighted by Crippen LogP contribution is -2.42. The summed E-state index contributed by atoms with van der Waals surface area (Å²) < 4.78 is 5.08. The summed E-state index contributed by atoms with van der Waals surface area (Å²) in [5.41, 5.74) is 0. The summed E-state index contributed by atoms with van der Waals surface area (Å²) in [6, 6.07) is 0. The van der Waals surface area contributed by atoms with E-state index in [1.807, 2.05) is 6.92 Å². The molecule has 0 saturated carbocycles. The molecule has 16 heavy (non-hydrogen) atoms. The van der Waals surface area contributed by atoms with Crippen LogP contribution in [0.4, 0.5) is 0 Å². The Kier molecular flexibility index (Phi) is 5.77. The van der Waals surface area contributed by atoms with Crippen LogP contribution in [0.5, 0.6) is 0 Å². The van der Waals surface area contributed by atoms with Crippen molar-refractivity contribution in [1.29, 1.82) is 0 Å². The highest BCUT2D eigenvalue weighted by Gasteiger charge is 2.26. The molecular weight excluding hydrogens is 204 g/mol. The van der Waals surface area contributed by atoms with Gasteiger partial charge >= 0.3 is 5.97 Å². The van der Waals surface area contributed by atoms with E-state index in [1.54, 1.807) is 0 Å². The van der Waals surface area contributed by atoms with Crippen molar-refractivity contribution in [1.82, 2.24) is 9.80 Å². The van der Waals surface area contributed by atoms with Crippen LogP contribution in [0.2, 0.25) is 0 Å². The van der Waals surface area contributed by atoms with Crippen LogP contribution in [0.3, 0.4) is 0 Å². The summed E-state index contributed by atoms with van der Waals surface area (Å²) in [6.07, 6.45) is 2.09. The molecule has 0 aromatic carbocycles. The second-order valence-electron chi connectivity index (χ2n) is 4.70. The van der Waals surface area contributed by atoms with E-state index in [0.29, 0.717) is 6.61 Å². The Bertz CT molecular complexity index is 219. The largest absolute Gasteiger partial charge is 0.466 e. The maximum Gasteiger partial charge on any atom is 0.310 e. The van der Waals surface area contributed by atoms with Crippen molar-refractivity contribution >= 4 is 5.97 Å². The molecule has 0 aromatic rings. The smallest absolute Gasteiger partial charge is 0.310 e. The van der Waals surface area contributed by atoms with Crippen LogP contribution in [0.1, 0.15) is 19.8 Å². The lowest BCUT2D eigenvalue weighted by atomic mass is 9.98. The van der Waals surface area contributed by atoms with Gasteiger partial charge in [0.05, 0.1) is 12.5 Å². The summed E-state index contributed by atoms with van der Waals surface area (Å²) in [4.78, 5) is 16.2. The van der Waals surface area contributed by atoms with Crippen molar-refractivity contribution in [2.45, 2.75) is 19.8 Å². The third-order valence-corrected chi connectivity index (χ3v) is 2.99. The number of likely N-dealkylation sites (tertiary alicyclic amines) is 1. The number of ether oxygens (including phenoxy) is 1. The van der Waals surface area contributed by atoms with Gasteiger partial charge in [-0.1, -0.05) is 0 Å². The standard InChI is InChI=1S/C12H24N2O2/c1-4-16-12(15)11-6-5-7-14(10-11)9-8-13(2)3/h11H,4-10H2,1-3H3. The lowest BCUT2D eigenvalue weighted by Gasteiger charge is -2.32. The monoisotopic (exact) mass is 228 g/mol. The van der Waals surface area contributed by atoms with Crippen molar-refractivity contribution in [2.75, 3.05) is 46.9 Å². The van der Waals surface area contributed by atoms with E-state index >= 15 is 0 Å². The molecular formula is C12H24N2O2. The molecule has 1 saturated heterocycles. The third kappa shape index (κ3) is 4.49. The Morgan fingerprint density at radius 3 is 2.88 bits per heavy atom. The van der Waals surface area contributed by atoms with E-state index in [1.165, 1.54) is 0 Å². The van der Waals surface area contributed by atoms with Crippen LogP contribution < -0.4 is 0 Å². The molecule has 94 valence electrons. The summed E-state index contributed by atoms with van der Waals surface area (Å²) in [5.74, 6) is 0.0768. The molecule has 1 fully saturated rings. The molecule has 4 nitrogen and oxygen atoms in total. The van der Waals surface area contributed by atoms with Gasteiger partial charge in [0, 0.05) is 19.6 Å². The first-order valence-electron chi connectivity index (χ1n) is 6.17. The lowest BCUT2D eigenvalue weighted by molar-refractivity contribution is -0.149. The second-order valence-corrected chi connectivity index (χ2v) is 4.70. The zero-order valence-electron chi connectivity index (χ0n) is 10.7. The fraction of sp³-hybridized carbons (Fsp3) is 0.917. The van der Waals surface area contributed by atoms with E-state index < -0.39 is 0 Å². The fourth-order valence-corrected chi connectivity index (χ4v) is 2.05. The van der Waals surface area contributed by atoms with Crippen molar-refractivity contribution in [3.8, 4) is 0 Å². The minimum Gasteiger partial charge on any atom is -0.466 e. The molecule has 1 aliphatic heterocycles. The van der Waals surface area contributed by atoms with Crippen molar-refractivity contribution in [3.63, 3.8) is 0 Å². The van der Waals surface area contributed by atoms with Gasteiger partial charge in [-0.15, -0.1) is 0 Å². The molecule has 4 heteroatoms. The van der Waals surface area contributed by atoms with E-state index in [0.717, 1.165) is 39.0 Å². The molecule has 0 radical (unpaired) electrons. The highest BCUT2D eigenvalue weighted by atomic mass is 16.5. The van der Waals surface area contributed by atoms with Gasteiger partial charge in [-0.2, -0.15) is 0 Å². The van der Waals surface area contributed by atoms with E-state index in [9.17, 15) is 4.79 Å². The van der Waals surface area contributed by atoms with Crippen LogP contribution >= 0.6 is 0 Å². The first kappa shape index (κ1) is 13.5. The van der Waals surface area contributed by atoms with Gasteiger partial charge in [0.2, 0.25) is 0 Å². The number of carbonyl (C=O) groups excluding carboxylic acids is 1. The maximum atomic E-state index is 11.6. The fourth-order valence-electron chi connectivity index (χ4n) is 2.05. The maximum absolute atomic E-state index is 11.6. The zero-order valence-corrected chi connectivity index (χ0v) is 10.7. The summed E-state index contributed by atoms with van der Waals surface area (Å²) in [7, 11) is 4.15. The quantitative estimate of drug-likeness (QED) is 0.652. The van der Waals surface area contributed by atoms with E-state index in [-0.39, 0.29) is 11.9 Å². The third-order valence-electron chi connectivity index (χ3n) is 2.99. The van der Waals surface area contributed by atoms with Crippen LogP contribution in [0.15, 0.2) is 0 Å². The average Bonchev–Trinajstić information content (AvgIpc) is 2.27. The molecule has 0 N–H and O–H groups in total. The number of likely N-dealkylation sites (N-methyl/N-ethyl adjacent to an activating group) is 1. The molecule has 0 amide bonds. The van der Waals surface area contributed by atoms with Crippen LogP contribution in [0, 0.1) is 5.92 Å². The number of carbonyl (C=O) groups is 1. The zero-order chi connectivity index (χ0) is 12.0. The topological polar surface area (TPSA) is 32.8 Å². The molecule has 0 spiro atoms. The first-order chi connectivity index (χ1) is 7.63. The molecule has 1 rings (SSSR count). The molecule has 1 heterocycles. The van der Waals surface area contributed by atoms with Crippen LogP contribution in [-0.2, 0) is 9.53 Å². The van der Waals surface area contributed by atoms with E-state index in [4.69, 9.17) is 4.74 Å². The predicted molar refractivity (Wildman–Crippen MR) is 64.4 cm³/mol. The number of rotatable bonds is 5. The van der Waals surface area contributed by atoms with Gasteiger partial charge in [0.15, 0.2) is 0 Å². The Labute approximate surface area is 98.5 Å². The number of hydrogen-bond acceptors (Lipinski definition) is 4. The van der Waals surface area contributed by atoms with Gasteiger partial charge < -0.3 is 14.5 Å². The van der Waals surface area contributed by atoms with Gasteiger partial charge in [-0.05, 0) is 40.4 Å². The first-order valence-corrected chi connectivity index (χ1v) is 6.17. The number of hydrogen-bond donors (Lipinski definition) is 0. The van der Waals surface area contributed by atoms with Gasteiger partial charge in [0.1, 0.15) is 0 Å². The number of piperidine rings is 1. The molecule has 0 bridgehead atoms. The second kappa shape index (κ2) is 6.86. The van der Waals surface area contributed by atoms with Crippen molar-refractivity contribution in [3.05, 3.63) is 0 Å². The normalized spacial score (nSPS) is 22.4. The predicted octanol–water partition coefficient (Wildman–Crippen LogP) is 0.823. The van der Waals surface area contributed by atoms with E-state index in [2.05, 4.69) is 23.9 Å².